The zero-order valence-electron chi connectivity index (χ0n) is 16.1. The molecule has 4 fully saturated rings. The Morgan fingerprint density at radius 3 is 2.42 bits per heavy atom. The normalized spacial score (nSPS) is 32.8. The third-order valence-corrected chi connectivity index (χ3v) is 8.53. The molecule has 1 aliphatic carbocycles. The Balaban J connectivity index is 1.36. The van der Waals surface area contributed by atoms with Crippen LogP contribution in [0.1, 0.15) is 39.0 Å². The molecule has 148 valence electrons. The largest absolute Gasteiger partial charge is 0.379 e. The van der Waals surface area contributed by atoms with Crippen LogP contribution in [0.3, 0.4) is 0 Å². The molecular formula is C19H32N2O4S. The van der Waals surface area contributed by atoms with E-state index in [9.17, 15) is 13.2 Å². The molecule has 0 aromatic heterocycles. The highest BCUT2D eigenvalue weighted by Gasteiger charge is 2.55. The van der Waals surface area contributed by atoms with Gasteiger partial charge in [-0.2, -0.15) is 0 Å². The molecule has 3 saturated heterocycles. The second kappa shape index (κ2) is 6.45. The Bertz CT molecular complexity index is 665. The van der Waals surface area contributed by atoms with E-state index in [0.29, 0.717) is 23.8 Å². The maximum atomic E-state index is 12.8. The van der Waals surface area contributed by atoms with Crippen LogP contribution in [0.15, 0.2) is 0 Å². The van der Waals surface area contributed by atoms with Crippen LogP contribution in [-0.2, 0) is 19.4 Å². The van der Waals surface area contributed by atoms with Crippen LogP contribution < -0.4 is 0 Å². The molecule has 0 aromatic rings. The molecule has 0 unspecified atom stereocenters. The highest BCUT2D eigenvalue weighted by Crippen LogP contribution is 2.52. The fourth-order valence-electron chi connectivity index (χ4n) is 5.74. The lowest BCUT2D eigenvalue weighted by molar-refractivity contribution is -0.135. The minimum atomic E-state index is -3.02. The van der Waals surface area contributed by atoms with Crippen molar-refractivity contribution < 1.29 is 17.9 Å². The number of likely N-dealkylation sites (N-methyl/N-ethyl adjacent to an activating group) is 1. The number of amides is 1. The van der Waals surface area contributed by atoms with E-state index in [2.05, 4.69) is 11.8 Å². The summed E-state index contributed by atoms with van der Waals surface area (Å²) in [5.41, 5.74) is 0.0362. The van der Waals surface area contributed by atoms with Crippen molar-refractivity contribution in [3.05, 3.63) is 0 Å². The standard InChI is InChI=1S/C19H32N2O4S/c1-3-20-13-19(15-11-25-12-16(15)20)6-8-21(9-7-19)17(22)10-18(4-5-18)14-26(2,23)24/h15-16H,3-14H2,1-2H3/t15-,16+/m0/s1. The van der Waals surface area contributed by atoms with E-state index in [1.807, 2.05) is 4.90 Å². The Morgan fingerprint density at radius 2 is 1.85 bits per heavy atom. The number of nitrogens with zero attached hydrogens (tertiary/aromatic N) is 2. The Hall–Kier alpha value is -0.660. The van der Waals surface area contributed by atoms with E-state index < -0.39 is 9.84 Å². The van der Waals surface area contributed by atoms with Gasteiger partial charge in [-0.05, 0) is 43.1 Å². The van der Waals surface area contributed by atoms with Crippen molar-refractivity contribution in [3.8, 4) is 0 Å². The highest BCUT2D eigenvalue weighted by atomic mass is 32.2. The lowest BCUT2D eigenvalue weighted by Gasteiger charge is -2.42. The van der Waals surface area contributed by atoms with Crippen molar-refractivity contribution in [2.75, 3.05) is 51.4 Å². The fourth-order valence-corrected chi connectivity index (χ4v) is 7.24. The molecule has 1 amide bonds. The molecule has 1 saturated carbocycles. The van der Waals surface area contributed by atoms with Gasteiger partial charge >= 0.3 is 0 Å². The van der Waals surface area contributed by atoms with E-state index in [-0.39, 0.29) is 17.1 Å². The number of hydrogen-bond donors (Lipinski definition) is 0. The lowest BCUT2D eigenvalue weighted by Crippen LogP contribution is -2.47. The Morgan fingerprint density at radius 1 is 1.15 bits per heavy atom. The van der Waals surface area contributed by atoms with Gasteiger partial charge in [-0.15, -0.1) is 0 Å². The first-order valence-corrected chi connectivity index (χ1v) is 12.1. The number of hydrogen-bond acceptors (Lipinski definition) is 5. The molecule has 0 radical (unpaired) electrons. The molecule has 0 aromatic carbocycles. The summed E-state index contributed by atoms with van der Waals surface area (Å²) in [4.78, 5) is 17.4. The van der Waals surface area contributed by atoms with Crippen molar-refractivity contribution in [3.63, 3.8) is 0 Å². The van der Waals surface area contributed by atoms with Crippen molar-refractivity contribution in [1.82, 2.24) is 9.80 Å². The third-order valence-electron chi connectivity index (χ3n) is 7.39. The Kier molecular flexibility index (Phi) is 4.64. The van der Waals surface area contributed by atoms with Gasteiger partial charge < -0.3 is 9.64 Å². The van der Waals surface area contributed by atoms with Crippen LogP contribution in [0.4, 0.5) is 0 Å². The molecule has 3 aliphatic heterocycles. The summed E-state index contributed by atoms with van der Waals surface area (Å²) in [6.45, 7) is 7.79. The van der Waals surface area contributed by atoms with Crippen molar-refractivity contribution in [2.24, 2.45) is 16.7 Å². The maximum absolute atomic E-state index is 12.8. The predicted molar refractivity (Wildman–Crippen MR) is 99.6 cm³/mol. The summed E-state index contributed by atoms with van der Waals surface area (Å²) >= 11 is 0. The van der Waals surface area contributed by atoms with E-state index in [4.69, 9.17) is 4.74 Å². The highest BCUT2D eigenvalue weighted by molar-refractivity contribution is 7.90. The van der Waals surface area contributed by atoms with Crippen LogP contribution in [0.2, 0.25) is 0 Å². The summed E-state index contributed by atoms with van der Waals surface area (Å²) in [5.74, 6) is 0.932. The number of piperidine rings is 1. The number of ether oxygens (including phenoxy) is 1. The summed E-state index contributed by atoms with van der Waals surface area (Å²) in [5, 5.41) is 0. The van der Waals surface area contributed by atoms with E-state index in [1.165, 1.54) is 6.26 Å². The van der Waals surface area contributed by atoms with E-state index in [1.54, 1.807) is 0 Å². The molecule has 4 aliphatic rings. The van der Waals surface area contributed by atoms with Crippen LogP contribution in [0.5, 0.6) is 0 Å². The Labute approximate surface area is 157 Å². The van der Waals surface area contributed by atoms with Gasteiger partial charge in [-0.25, -0.2) is 8.42 Å². The second-order valence-electron chi connectivity index (χ2n) is 9.26. The minimum Gasteiger partial charge on any atom is -0.379 e. The average molecular weight is 385 g/mol. The molecule has 0 bridgehead atoms. The first-order valence-electron chi connectivity index (χ1n) is 10.0. The number of sulfone groups is 1. The SMILES string of the molecule is CCN1CC2(CCN(C(=O)CC3(CS(C)(=O)=O)CC3)CC2)[C@H]2COC[C@H]21. The number of likely N-dealkylation sites (tertiary alicyclic amines) is 2. The number of carbonyl (C=O) groups is 1. The molecule has 7 heteroatoms. The molecule has 26 heavy (non-hydrogen) atoms. The average Bonchev–Trinajstić information content (AvgIpc) is 3.03. The van der Waals surface area contributed by atoms with Gasteiger partial charge in [0.05, 0.1) is 19.0 Å². The number of fused-ring (bicyclic) bond motifs is 2. The van der Waals surface area contributed by atoms with Crippen molar-refractivity contribution >= 4 is 15.7 Å². The van der Waals surface area contributed by atoms with E-state index in [0.717, 1.165) is 65.1 Å². The van der Waals surface area contributed by atoms with Gasteiger partial charge in [0.25, 0.3) is 0 Å². The summed E-state index contributed by atoms with van der Waals surface area (Å²) in [7, 11) is -3.02. The van der Waals surface area contributed by atoms with Gasteiger partial charge in [-0.1, -0.05) is 6.92 Å². The molecular weight excluding hydrogens is 352 g/mol. The lowest BCUT2D eigenvalue weighted by atomic mass is 9.70. The minimum absolute atomic E-state index is 0.158. The second-order valence-corrected chi connectivity index (χ2v) is 11.4. The van der Waals surface area contributed by atoms with Gasteiger partial charge in [0, 0.05) is 44.3 Å². The van der Waals surface area contributed by atoms with Crippen LogP contribution in [0, 0.1) is 16.7 Å². The van der Waals surface area contributed by atoms with Gasteiger partial charge in [0.2, 0.25) is 5.91 Å². The zero-order valence-corrected chi connectivity index (χ0v) is 16.9. The van der Waals surface area contributed by atoms with Crippen LogP contribution in [0.25, 0.3) is 0 Å². The maximum Gasteiger partial charge on any atom is 0.223 e. The third kappa shape index (κ3) is 3.42. The topological polar surface area (TPSA) is 66.9 Å². The molecule has 2 atom stereocenters. The van der Waals surface area contributed by atoms with E-state index >= 15 is 0 Å². The van der Waals surface area contributed by atoms with Crippen LogP contribution >= 0.6 is 0 Å². The summed E-state index contributed by atoms with van der Waals surface area (Å²) in [6.07, 6.45) is 5.54. The molecule has 0 N–H and O–H groups in total. The molecule has 6 nitrogen and oxygen atoms in total. The smallest absolute Gasteiger partial charge is 0.223 e. The van der Waals surface area contributed by atoms with Crippen molar-refractivity contribution in [2.45, 2.75) is 45.1 Å². The van der Waals surface area contributed by atoms with Gasteiger partial charge in [-0.3, -0.25) is 9.69 Å². The zero-order chi connectivity index (χ0) is 18.6. The predicted octanol–water partition coefficient (Wildman–Crippen LogP) is 1.16. The summed E-state index contributed by atoms with van der Waals surface area (Å²) < 4.78 is 29.1. The molecule has 4 rings (SSSR count). The molecule has 3 heterocycles. The van der Waals surface area contributed by atoms with Gasteiger partial charge in [0.15, 0.2) is 0 Å². The first kappa shape index (κ1) is 18.7. The number of carbonyl (C=O) groups excluding carboxylic acids is 1. The monoisotopic (exact) mass is 384 g/mol. The van der Waals surface area contributed by atoms with Gasteiger partial charge in [0.1, 0.15) is 9.84 Å². The molecule has 1 spiro atoms. The van der Waals surface area contributed by atoms with Crippen molar-refractivity contribution in [1.29, 1.82) is 0 Å². The first-order chi connectivity index (χ1) is 12.3. The quantitative estimate of drug-likeness (QED) is 0.712. The fraction of sp³-hybridized carbons (Fsp3) is 0.947. The summed E-state index contributed by atoms with van der Waals surface area (Å²) in [6, 6.07) is 0.562. The number of rotatable bonds is 5. The van der Waals surface area contributed by atoms with Crippen LogP contribution in [-0.4, -0.2) is 81.6 Å².